The van der Waals surface area contributed by atoms with Crippen molar-refractivity contribution in [1.82, 2.24) is 14.9 Å². The van der Waals surface area contributed by atoms with Gasteiger partial charge in [-0.2, -0.15) is 0 Å². The van der Waals surface area contributed by atoms with Gasteiger partial charge in [0.2, 0.25) is 6.41 Å². The summed E-state index contributed by atoms with van der Waals surface area (Å²) in [5.74, 6) is 0. The van der Waals surface area contributed by atoms with Crippen molar-refractivity contribution in [1.29, 1.82) is 0 Å². The zero-order valence-electron chi connectivity index (χ0n) is 8.56. The third-order valence-corrected chi connectivity index (χ3v) is 3.05. The number of rotatable bonds is 2. The maximum Gasteiger partial charge on any atom is 0.326 e. The predicted molar refractivity (Wildman–Crippen MR) is 59.3 cm³/mol. The van der Waals surface area contributed by atoms with Crippen LogP contribution in [-0.4, -0.2) is 22.0 Å². The van der Waals surface area contributed by atoms with Gasteiger partial charge in [-0.25, -0.2) is 4.79 Å². The number of aromatic amines is 1. The van der Waals surface area contributed by atoms with Gasteiger partial charge in [0.25, 0.3) is 0 Å². The van der Waals surface area contributed by atoms with Gasteiger partial charge in [0.05, 0.1) is 17.1 Å². The maximum absolute atomic E-state index is 11.7. The van der Waals surface area contributed by atoms with Crippen molar-refractivity contribution in [3.05, 3.63) is 34.2 Å². The number of carbonyl (C=O) groups is 1. The summed E-state index contributed by atoms with van der Waals surface area (Å²) in [5.41, 5.74) is 2.82. The van der Waals surface area contributed by atoms with Gasteiger partial charge < -0.3 is 10.3 Å². The second kappa shape index (κ2) is 3.23. The topological polar surface area (TPSA) is 66.9 Å². The number of nitrogens with one attached hydrogen (secondary N) is 2. The summed E-state index contributed by atoms with van der Waals surface area (Å²) in [6, 6.07) is 5.81. The quantitative estimate of drug-likeness (QED) is 0.695. The zero-order valence-corrected chi connectivity index (χ0v) is 8.56. The Morgan fingerprint density at radius 3 is 3.19 bits per heavy atom. The van der Waals surface area contributed by atoms with Crippen molar-refractivity contribution < 1.29 is 4.79 Å². The number of para-hydroxylation sites is 1. The summed E-state index contributed by atoms with van der Waals surface area (Å²) in [4.78, 5) is 25.0. The van der Waals surface area contributed by atoms with Crippen LogP contribution in [0.15, 0.2) is 23.0 Å². The first-order valence-electron chi connectivity index (χ1n) is 5.19. The maximum atomic E-state index is 11.7. The molecule has 5 heteroatoms. The largest absolute Gasteiger partial charge is 0.354 e. The van der Waals surface area contributed by atoms with Crippen molar-refractivity contribution >= 4 is 17.4 Å². The molecular weight excluding hydrogens is 206 g/mol. The van der Waals surface area contributed by atoms with Crippen LogP contribution in [0.1, 0.15) is 5.56 Å². The van der Waals surface area contributed by atoms with Gasteiger partial charge in [-0.15, -0.1) is 0 Å². The van der Waals surface area contributed by atoms with E-state index in [1.54, 1.807) is 4.57 Å². The highest BCUT2D eigenvalue weighted by atomic mass is 16.1. The zero-order chi connectivity index (χ0) is 11.1. The molecular formula is C11H11N3O2. The molecule has 1 aromatic carbocycles. The summed E-state index contributed by atoms with van der Waals surface area (Å²) < 4.78 is 1.69. The van der Waals surface area contributed by atoms with Gasteiger partial charge in [0.15, 0.2) is 0 Å². The fourth-order valence-corrected chi connectivity index (χ4v) is 2.39. The number of benzene rings is 1. The Labute approximate surface area is 91.1 Å². The number of amides is 1. The molecule has 1 aliphatic rings. The lowest BCUT2D eigenvalue weighted by Crippen LogP contribution is -2.39. The summed E-state index contributed by atoms with van der Waals surface area (Å²) >= 11 is 0. The van der Waals surface area contributed by atoms with Gasteiger partial charge in [0, 0.05) is 6.54 Å². The molecule has 1 aromatic heterocycles. The van der Waals surface area contributed by atoms with E-state index in [2.05, 4.69) is 10.3 Å². The molecule has 0 radical (unpaired) electrons. The second-order valence-corrected chi connectivity index (χ2v) is 4.04. The van der Waals surface area contributed by atoms with Gasteiger partial charge in [-0.1, -0.05) is 12.1 Å². The average Bonchev–Trinajstić information content (AvgIpc) is 2.58. The highest BCUT2D eigenvalue weighted by Gasteiger charge is 2.21. The molecule has 2 aromatic rings. The van der Waals surface area contributed by atoms with Crippen LogP contribution in [0.2, 0.25) is 0 Å². The highest BCUT2D eigenvalue weighted by molar-refractivity contribution is 5.79. The van der Waals surface area contributed by atoms with Crippen LogP contribution >= 0.6 is 0 Å². The Balaban J connectivity index is 2.21. The fraction of sp³-hybridized carbons (Fsp3) is 0.273. The van der Waals surface area contributed by atoms with E-state index in [0.717, 1.165) is 23.0 Å². The van der Waals surface area contributed by atoms with E-state index in [1.807, 2.05) is 18.2 Å². The number of carbonyl (C=O) groups excluding carboxylic acids is 1. The van der Waals surface area contributed by atoms with Gasteiger partial charge in [0.1, 0.15) is 0 Å². The molecule has 0 saturated heterocycles. The summed E-state index contributed by atoms with van der Waals surface area (Å²) in [6.45, 7) is 0.536. The molecule has 16 heavy (non-hydrogen) atoms. The number of nitrogens with zero attached hydrogens (tertiary/aromatic N) is 1. The third-order valence-electron chi connectivity index (χ3n) is 3.05. The minimum atomic E-state index is -0.111. The van der Waals surface area contributed by atoms with Crippen LogP contribution in [0, 0.1) is 0 Å². The number of hydrogen-bond acceptors (Lipinski definition) is 2. The van der Waals surface area contributed by atoms with E-state index in [9.17, 15) is 9.59 Å². The molecule has 2 N–H and O–H groups in total. The van der Waals surface area contributed by atoms with E-state index in [-0.39, 0.29) is 11.7 Å². The van der Waals surface area contributed by atoms with Crippen LogP contribution in [-0.2, 0) is 17.8 Å². The Bertz CT molecular complexity index is 611. The number of hydrogen-bond donors (Lipinski definition) is 2. The lowest BCUT2D eigenvalue weighted by Gasteiger charge is -2.22. The van der Waals surface area contributed by atoms with Crippen molar-refractivity contribution in [2.45, 2.75) is 19.0 Å². The van der Waals surface area contributed by atoms with Crippen LogP contribution in [0.25, 0.3) is 11.0 Å². The molecule has 0 spiro atoms. The Morgan fingerprint density at radius 2 is 2.38 bits per heavy atom. The minimum Gasteiger partial charge on any atom is -0.354 e. The van der Waals surface area contributed by atoms with Crippen molar-refractivity contribution in [2.75, 3.05) is 0 Å². The third kappa shape index (κ3) is 1.18. The fourth-order valence-electron chi connectivity index (χ4n) is 2.39. The second-order valence-electron chi connectivity index (χ2n) is 4.04. The summed E-state index contributed by atoms with van der Waals surface area (Å²) in [5, 5.41) is 2.73. The number of aromatic nitrogens is 2. The Morgan fingerprint density at radius 1 is 1.50 bits per heavy atom. The van der Waals surface area contributed by atoms with Crippen LogP contribution in [0.5, 0.6) is 0 Å². The standard InChI is InChI=1S/C11H11N3O2/c15-6-12-8-4-7-2-1-3-9-10(7)14(5-8)11(16)13-9/h1-3,6,8H,4-5H2,(H,12,15)(H,13,16)/t8-/m1/s1. The van der Waals surface area contributed by atoms with E-state index in [4.69, 9.17) is 0 Å². The summed E-state index contributed by atoms with van der Waals surface area (Å²) in [6.07, 6.45) is 1.46. The molecule has 1 aliphatic heterocycles. The molecule has 0 fully saturated rings. The SMILES string of the molecule is O=CN[C@@H]1Cc2cccc3[nH]c(=O)n(c23)C1. The molecule has 0 unspecified atom stereocenters. The van der Waals surface area contributed by atoms with E-state index in [0.29, 0.717) is 13.0 Å². The first-order valence-corrected chi connectivity index (χ1v) is 5.19. The van der Waals surface area contributed by atoms with E-state index >= 15 is 0 Å². The highest BCUT2D eigenvalue weighted by Crippen LogP contribution is 2.22. The van der Waals surface area contributed by atoms with E-state index in [1.165, 1.54) is 0 Å². The number of H-pyrrole nitrogens is 1. The lowest BCUT2D eigenvalue weighted by atomic mass is 10.0. The molecule has 3 rings (SSSR count). The van der Waals surface area contributed by atoms with Crippen LogP contribution in [0.3, 0.4) is 0 Å². The summed E-state index contributed by atoms with van der Waals surface area (Å²) in [7, 11) is 0. The Kier molecular flexibility index (Phi) is 1.86. The van der Waals surface area contributed by atoms with Crippen molar-refractivity contribution in [3.63, 3.8) is 0 Å². The van der Waals surface area contributed by atoms with Gasteiger partial charge in [-0.05, 0) is 18.1 Å². The molecule has 0 aliphatic carbocycles. The molecule has 1 amide bonds. The predicted octanol–water partition coefficient (Wildman–Crippen LogP) is 0.000300. The smallest absolute Gasteiger partial charge is 0.326 e. The molecule has 82 valence electrons. The lowest BCUT2D eigenvalue weighted by molar-refractivity contribution is -0.110. The van der Waals surface area contributed by atoms with Crippen LogP contribution in [0.4, 0.5) is 0 Å². The molecule has 5 nitrogen and oxygen atoms in total. The normalized spacial score (nSPS) is 18.6. The molecule has 0 saturated carbocycles. The molecule has 0 bridgehead atoms. The Hall–Kier alpha value is -2.04. The molecule has 1 atom stereocenters. The van der Waals surface area contributed by atoms with Gasteiger partial charge >= 0.3 is 5.69 Å². The van der Waals surface area contributed by atoms with E-state index < -0.39 is 0 Å². The average molecular weight is 217 g/mol. The monoisotopic (exact) mass is 217 g/mol. The first-order chi connectivity index (χ1) is 7.79. The van der Waals surface area contributed by atoms with Crippen LogP contribution < -0.4 is 11.0 Å². The first kappa shape index (κ1) is 9.21. The van der Waals surface area contributed by atoms with Crippen molar-refractivity contribution in [2.24, 2.45) is 0 Å². The number of imidazole rings is 1. The minimum absolute atomic E-state index is 0.00380. The van der Waals surface area contributed by atoms with Crippen molar-refractivity contribution in [3.8, 4) is 0 Å². The molecule has 2 heterocycles. The van der Waals surface area contributed by atoms with Gasteiger partial charge in [-0.3, -0.25) is 9.36 Å².